The molecule has 0 aliphatic rings. The molecule has 0 saturated heterocycles. The molecule has 80 valence electrons. The van der Waals surface area contributed by atoms with Gasteiger partial charge in [0.05, 0.1) is 12.0 Å². The molecule has 0 bridgehead atoms. The molecule has 8 heteroatoms. The number of sulfonamides is 1. The van der Waals surface area contributed by atoms with Crippen LogP contribution in [0.2, 0.25) is 0 Å². The first-order valence-corrected chi connectivity index (χ1v) is 5.18. The second kappa shape index (κ2) is 4.13. The van der Waals surface area contributed by atoms with Gasteiger partial charge in [0.25, 0.3) is 10.0 Å². The largest absolute Gasteiger partial charge is 0.494 e. The summed E-state index contributed by atoms with van der Waals surface area (Å²) in [6.07, 6.45) is 0. The number of rotatable bonds is 4. The number of ether oxygens (including phenoxy) is 1. The van der Waals surface area contributed by atoms with Crippen LogP contribution in [0.15, 0.2) is 32.7 Å². The smallest absolute Gasteiger partial charge is 0.299 e. The molecule has 0 fully saturated rings. The summed E-state index contributed by atoms with van der Waals surface area (Å²) < 4.78 is 29.7. The summed E-state index contributed by atoms with van der Waals surface area (Å²) >= 11 is 0. The normalized spacial score (nSPS) is 10.7. The molecule has 0 radical (unpaired) electrons. The average Bonchev–Trinajstić information content (AvgIpc) is 2.28. The van der Waals surface area contributed by atoms with E-state index in [1.165, 1.54) is 19.2 Å². The van der Waals surface area contributed by atoms with E-state index >= 15 is 0 Å². The van der Waals surface area contributed by atoms with Crippen LogP contribution in [0.3, 0.4) is 0 Å². The number of nitrogens with zero attached hydrogens (tertiary/aromatic N) is 2. The fourth-order valence-corrected chi connectivity index (χ4v) is 1.58. The second-order valence-corrected chi connectivity index (χ2v) is 4.12. The maximum atomic E-state index is 11.2. The van der Waals surface area contributed by atoms with Gasteiger partial charge in [0.2, 0.25) is 0 Å². The lowest BCUT2D eigenvalue weighted by atomic mass is 10.3. The highest BCUT2D eigenvalue weighted by atomic mass is 32.2. The second-order valence-electron chi connectivity index (χ2n) is 2.51. The first kappa shape index (κ1) is 11.2. The molecule has 7 nitrogen and oxygen atoms in total. The van der Waals surface area contributed by atoms with Crippen LogP contribution in [0.5, 0.6) is 5.75 Å². The zero-order chi connectivity index (χ0) is 11.5. The summed E-state index contributed by atoms with van der Waals surface area (Å²) in [5.41, 5.74) is 13.4. The van der Waals surface area contributed by atoms with E-state index < -0.39 is 10.0 Å². The van der Waals surface area contributed by atoms with E-state index in [-0.39, 0.29) is 16.3 Å². The van der Waals surface area contributed by atoms with Gasteiger partial charge in [0.1, 0.15) is 11.4 Å². The van der Waals surface area contributed by atoms with Gasteiger partial charge in [-0.3, -0.25) is 0 Å². The Morgan fingerprint density at radius 3 is 2.47 bits per heavy atom. The first-order chi connectivity index (χ1) is 7.05. The van der Waals surface area contributed by atoms with Crippen LogP contribution in [-0.2, 0) is 10.0 Å². The minimum atomic E-state index is -3.96. The molecule has 2 N–H and O–H groups in total. The average molecular weight is 228 g/mol. The van der Waals surface area contributed by atoms with E-state index in [9.17, 15) is 8.42 Å². The molecule has 1 rings (SSSR count). The highest BCUT2D eigenvalue weighted by Gasteiger charge is 2.14. The van der Waals surface area contributed by atoms with E-state index in [2.05, 4.69) is 9.63 Å². The number of hydrogen-bond donors (Lipinski definition) is 2. The van der Waals surface area contributed by atoms with Gasteiger partial charge in [-0.05, 0) is 18.2 Å². The summed E-state index contributed by atoms with van der Waals surface area (Å²) in [5.74, 6) is 0.286. The Morgan fingerprint density at radius 2 is 2.00 bits per heavy atom. The molecule has 0 spiro atoms. The number of methoxy groups -OCH3 is 1. The maximum absolute atomic E-state index is 11.2. The van der Waals surface area contributed by atoms with Gasteiger partial charge >= 0.3 is 0 Å². The molecule has 0 atom stereocenters. The van der Waals surface area contributed by atoms with Gasteiger partial charge in [0.15, 0.2) is 0 Å². The van der Waals surface area contributed by atoms with Crippen LogP contribution in [0.25, 0.3) is 0 Å². The summed E-state index contributed by atoms with van der Waals surface area (Å²) in [6.45, 7) is 0. The molecule has 0 heterocycles. The third-order valence-electron chi connectivity index (χ3n) is 1.69. The van der Waals surface area contributed by atoms with Crippen molar-refractivity contribution in [2.45, 2.75) is 4.90 Å². The molecule has 1 aromatic carbocycles. The quantitative estimate of drug-likeness (QED) is 0.768. The Kier molecular flexibility index (Phi) is 3.10. The summed E-state index contributed by atoms with van der Waals surface area (Å²) in [5, 5.41) is 3.11. The van der Waals surface area contributed by atoms with Crippen molar-refractivity contribution in [2.75, 3.05) is 7.11 Å². The highest BCUT2D eigenvalue weighted by Crippen LogP contribution is 2.30. The molecule has 0 amide bonds. The maximum Gasteiger partial charge on any atom is 0.299 e. The van der Waals surface area contributed by atoms with E-state index in [1.54, 1.807) is 0 Å². The summed E-state index contributed by atoms with van der Waals surface area (Å²) in [4.78, 5) is -0.190. The lowest BCUT2D eigenvalue weighted by Crippen LogP contribution is -1.95. The Balaban J connectivity index is 3.38. The molecule has 0 unspecified atom stereocenters. The van der Waals surface area contributed by atoms with E-state index in [0.717, 1.165) is 6.07 Å². The van der Waals surface area contributed by atoms with Crippen molar-refractivity contribution in [1.29, 1.82) is 11.1 Å². The van der Waals surface area contributed by atoms with Crippen LogP contribution >= 0.6 is 0 Å². The number of hydrogen-bond acceptors (Lipinski definition) is 6. The minimum absolute atomic E-state index is 0.0715. The molecule has 0 aliphatic heterocycles. The van der Waals surface area contributed by atoms with Crippen molar-refractivity contribution >= 4 is 15.7 Å². The predicted molar refractivity (Wildman–Crippen MR) is 50.1 cm³/mol. The monoisotopic (exact) mass is 228 g/mol. The standard InChI is InChI=1S/C7H8N4O3S/c1-14-7-3-2-5(4-6(7)10-8)15(12,13)11-9/h2-4,8-9H,1H3. The lowest BCUT2D eigenvalue weighted by molar-refractivity contribution is 0.415. The van der Waals surface area contributed by atoms with Crippen molar-refractivity contribution in [3.63, 3.8) is 0 Å². The van der Waals surface area contributed by atoms with Crippen molar-refractivity contribution < 1.29 is 13.2 Å². The Morgan fingerprint density at radius 1 is 1.33 bits per heavy atom. The van der Waals surface area contributed by atoms with Crippen LogP contribution < -0.4 is 4.74 Å². The number of benzene rings is 1. The van der Waals surface area contributed by atoms with E-state index in [4.69, 9.17) is 15.8 Å². The van der Waals surface area contributed by atoms with Crippen LogP contribution in [-0.4, -0.2) is 15.5 Å². The van der Waals surface area contributed by atoms with Crippen LogP contribution in [0.4, 0.5) is 5.69 Å². The van der Waals surface area contributed by atoms with Crippen molar-refractivity contribution in [2.24, 2.45) is 9.63 Å². The van der Waals surface area contributed by atoms with Gasteiger partial charge in [-0.15, -0.1) is 0 Å². The molecule has 0 aliphatic carbocycles. The highest BCUT2D eigenvalue weighted by molar-refractivity contribution is 7.90. The summed E-state index contributed by atoms with van der Waals surface area (Å²) in [7, 11) is -2.58. The number of nitrogens with one attached hydrogen (secondary N) is 2. The van der Waals surface area contributed by atoms with Gasteiger partial charge in [-0.2, -0.15) is 19.1 Å². The van der Waals surface area contributed by atoms with Gasteiger partial charge in [-0.25, -0.2) is 5.53 Å². The van der Waals surface area contributed by atoms with Crippen molar-refractivity contribution in [1.82, 2.24) is 0 Å². The Hall–Kier alpha value is -1.83. The van der Waals surface area contributed by atoms with Gasteiger partial charge in [0, 0.05) is 0 Å². The summed E-state index contributed by atoms with van der Waals surface area (Å²) in [6, 6.07) is 3.71. The lowest BCUT2D eigenvalue weighted by Gasteiger charge is -2.04. The SMILES string of the molecule is COc1ccc(S(=O)(=O)N=N)cc1N=N. The van der Waals surface area contributed by atoms with Crippen LogP contribution in [0.1, 0.15) is 0 Å². The zero-order valence-electron chi connectivity index (χ0n) is 7.76. The molecule has 1 aromatic rings. The molecule has 0 aromatic heterocycles. The van der Waals surface area contributed by atoms with Crippen molar-refractivity contribution in [3.05, 3.63) is 18.2 Å². The third-order valence-corrected chi connectivity index (χ3v) is 2.78. The third kappa shape index (κ3) is 2.15. The fraction of sp³-hybridized carbons (Fsp3) is 0.143. The topological polar surface area (TPSA) is 116 Å². The molecular formula is C7H8N4O3S. The molecular weight excluding hydrogens is 220 g/mol. The first-order valence-electron chi connectivity index (χ1n) is 3.74. The fourth-order valence-electron chi connectivity index (χ4n) is 0.970. The van der Waals surface area contributed by atoms with Gasteiger partial charge < -0.3 is 4.74 Å². The Labute approximate surface area is 86.1 Å². The zero-order valence-corrected chi connectivity index (χ0v) is 8.58. The Bertz CT molecular complexity index is 497. The van der Waals surface area contributed by atoms with E-state index in [1.807, 2.05) is 0 Å². The molecule has 0 saturated carbocycles. The van der Waals surface area contributed by atoms with E-state index in [0.29, 0.717) is 0 Å². The van der Waals surface area contributed by atoms with Gasteiger partial charge in [-0.1, -0.05) is 4.52 Å². The molecule has 15 heavy (non-hydrogen) atoms. The minimum Gasteiger partial charge on any atom is -0.494 e. The van der Waals surface area contributed by atoms with Crippen LogP contribution in [0, 0.1) is 11.1 Å². The predicted octanol–water partition coefficient (Wildman–Crippen LogP) is 2.08. The van der Waals surface area contributed by atoms with Crippen molar-refractivity contribution in [3.8, 4) is 5.75 Å².